The quantitative estimate of drug-likeness (QED) is 0.743. The van der Waals surface area contributed by atoms with E-state index in [1.165, 1.54) is 12.0 Å². The lowest BCUT2D eigenvalue weighted by molar-refractivity contribution is 0.244. The van der Waals surface area contributed by atoms with Gasteiger partial charge in [0.05, 0.1) is 11.7 Å². The molecule has 0 aliphatic carbocycles. The van der Waals surface area contributed by atoms with E-state index in [1.54, 1.807) is 6.20 Å². The SMILES string of the molecule is Cc1nc(Nc2ncccc2C)cc(C2CCCN2Cc2cccnc2)n1. The van der Waals surface area contributed by atoms with Gasteiger partial charge in [-0.3, -0.25) is 9.88 Å². The Hall–Kier alpha value is -2.86. The summed E-state index contributed by atoms with van der Waals surface area (Å²) in [5.41, 5.74) is 3.40. The molecule has 0 bridgehead atoms. The molecule has 138 valence electrons. The lowest BCUT2D eigenvalue weighted by atomic mass is 10.1. The van der Waals surface area contributed by atoms with Gasteiger partial charge in [0.15, 0.2) is 0 Å². The van der Waals surface area contributed by atoms with Gasteiger partial charge in [0.1, 0.15) is 17.5 Å². The van der Waals surface area contributed by atoms with Gasteiger partial charge in [-0.1, -0.05) is 12.1 Å². The Kier molecular flexibility index (Phi) is 5.07. The molecular formula is C21H24N6. The lowest BCUT2D eigenvalue weighted by Crippen LogP contribution is -2.24. The predicted octanol–water partition coefficient (Wildman–Crippen LogP) is 3.96. The van der Waals surface area contributed by atoms with Crippen molar-refractivity contribution in [2.24, 2.45) is 0 Å². The Morgan fingerprint density at radius 1 is 1.15 bits per heavy atom. The second kappa shape index (κ2) is 7.80. The van der Waals surface area contributed by atoms with E-state index in [9.17, 15) is 0 Å². The fraction of sp³-hybridized carbons (Fsp3) is 0.333. The molecule has 0 saturated carbocycles. The average molecular weight is 360 g/mol. The van der Waals surface area contributed by atoms with E-state index in [0.29, 0.717) is 6.04 Å². The highest BCUT2D eigenvalue weighted by Gasteiger charge is 2.27. The van der Waals surface area contributed by atoms with Gasteiger partial charge < -0.3 is 5.32 Å². The van der Waals surface area contributed by atoms with Crippen LogP contribution in [0.15, 0.2) is 48.9 Å². The van der Waals surface area contributed by atoms with Gasteiger partial charge in [-0.2, -0.15) is 0 Å². The van der Waals surface area contributed by atoms with Crippen molar-refractivity contribution < 1.29 is 0 Å². The first-order valence-electron chi connectivity index (χ1n) is 9.36. The molecule has 1 aliphatic heterocycles. The van der Waals surface area contributed by atoms with Gasteiger partial charge in [0.2, 0.25) is 0 Å². The lowest BCUT2D eigenvalue weighted by Gasteiger charge is -2.24. The van der Waals surface area contributed by atoms with E-state index < -0.39 is 0 Å². The maximum atomic E-state index is 4.74. The molecule has 0 aromatic carbocycles. The standard InChI is InChI=1S/C21H24N6/c1-15-6-3-10-23-21(15)26-20-12-18(24-16(2)25-20)19-8-5-11-27(19)14-17-7-4-9-22-13-17/h3-4,6-7,9-10,12-13,19H,5,8,11,14H2,1-2H3,(H,23,24,25,26). The number of aromatic nitrogens is 4. The molecule has 4 rings (SSSR count). The van der Waals surface area contributed by atoms with Crippen molar-refractivity contribution in [1.82, 2.24) is 24.8 Å². The van der Waals surface area contributed by atoms with Gasteiger partial charge in [0.25, 0.3) is 0 Å². The van der Waals surface area contributed by atoms with Crippen LogP contribution in [0.25, 0.3) is 0 Å². The first-order valence-corrected chi connectivity index (χ1v) is 9.36. The molecule has 6 heteroatoms. The molecule has 1 fully saturated rings. The number of nitrogens with zero attached hydrogens (tertiary/aromatic N) is 5. The van der Waals surface area contributed by atoms with Crippen LogP contribution in [0.3, 0.4) is 0 Å². The maximum Gasteiger partial charge on any atom is 0.135 e. The molecular weight excluding hydrogens is 336 g/mol. The summed E-state index contributed by atoms with van der Waals surface area (Å²) >= 11 is 0. The Labute approximate surface area is 159 Å². The van der Waals surface area contributed by atoms with Gasteiger partial charge >= 0.3 is 0 Å². The topological polar surface area (TPSA) is 66.8 Å². The van der Waals surface area contributed by atoms with E-state index in [0.717, 1.165) is 48.2 Å². The van der Waals surface area contributed by atoms with Crippen LogP contribution >= 0.6 is 0 Å². The molecule has 27 heavy (non-hydrogen) atoms. The van der Waals surface area contributed by atoms with Crippen LogP contribution in [-0.4, -0.2) is 31.4 Å². The molecule has 3 aromatic heterocycles. The van der Waals surface area contributed by atoms with Crippen LogP contribution in [-0.2, 0) is 6.54 Å². The number of nitrogens with one attached hydrogen (secondary N) is 1. The van der Waals surface area contributed by atoms with Gasteiger partial charge in [-0.15, -0.1) is 0 Å². The highest BCUT2D eigenvalue weighted by Crippen LogP contribution is 2.33. The molecule has 0 radical (unpaired) electrons. The van der Waals surface area contributed by atoms with Crippen LogP contribution in [0.4, 0.5) is 11.6 Å². The minimum atomic E-state index is 0.303. The normalized spacial score (nSPS) is 17.2. The Bertz CT molecular complexity index is 912. The molecule has 0 spiro atoms. The first-order chi connectivity index (χ1) is 13.2. The minimum Gasteiger partial charge on any atom is -0.325 e. The van der Waals surface area contributed by atoms with Crippen LogP contribution in [0, 0.1) is 13.8 Å². The molecule has 6 nitrogen and oxygen atoms in total. The maximum absolute atomic E-state index is 4.74. The summed E-state index contributed by atoms with van der Waals surface area (Å²) in [7, 11) is 0. The third kappa shape index (κ3) is 4.11. The van der Waals surface area contributed by atoms with Crippen molar-refractivity contribution in [1.29, 1.82) is 0 Å². The zero-order chi connectivity index (χ0) is 18.6. The smallest absolute Gasteiger partial charge is 0.135 e. The summed E-state index contributed by atoms with van der Waals surface area (Å²) in [4.78, 5) is 20.4. The van der Waals surface area contributed by atoms with Gasteiger partial charge in [-0.05, 0) is 56.5 Å². The van der Waals surface area contributed by atoms with Crippen molar-refractivity contribution in [2.45, 2.75) is 39.3 Å². The number of hydrogen-bond acceptors (Lipinski definition) is 6. The first kappa shape index (κ1) is 17.5. The third-order valence-corrected chi connectivity index (χ3v) is 4.93. The fourth-order valence-electron chi connectivity index (χ4n) is 3.64. The highest BCUT2D eigenvalue weighted by molar-refractivity contribution is 5.55. The molecule has 3 aromatic rings. The van der Waals surface area contributed by atoms with Crippen molar-refractivity contribution in [3.63, 3.8) is 0 Å². The Morgan fingerprint density at radius 2 is 2.04 bits per heavy atom. The summed E-state index contributed by atoms with van der Waals surface area (Å²) < 4.78 is 0. The highest BCUT2D eigenvalue weighted by atomic mass is 15.2. The van der Waals surface area contributed by atoms with Crippen molar-refractivity contribution >= 4 is 11.6 Å². The predicted molar refractivity (Wildman–Crippen MR) is 106 cm³/mol. The summed E-state index contributed by atoms with van der Waals surface area (Å²) in [5.74, 6) is 2.41. The molecule has 1 saturated heterocycles. The second-order valence-electron chi connectivity index (χ2n) is 7.01. The van der Waals surface area contributed by atoms with Crippen molar-refractivity contribution in [3.05, 3.63) is 71.6 Å². The number of aryl methyl sites for hydroxylation is 2. The summed E-state index contributed by atoms with van der Waals surface area (Å²) in [6, 6.07) is 10.5. The molecule has 1 aliphatic rings. The van der Waals surface area contributed by atoms with Crippen LogP contribution in [0.1, 0.15) is 41.5 Å². The minimum absolute atomic E-state index is 0.303. The number of hydrogen-bond donors (Lipinski definition) is 1. The zero-order valence-electron chi connectivity index (χ0n) is 15.8. The monoisotopic (exact) mass is 360 g/mol. The van der Waals surface area contributed by atoms with Crippen LogP contribution in [0.5, 0.6) is 0 Å². The van der Waals surface area contributed by atoms with E-state index in [1.807, 2.05) is 44.4 Å². The number of pyridine rings is 2. The number of anilines is 2. The number of likely N-dealkylation sites (tertiary alicyclic amines) is 1. The van der Waals surface area contributed by atoms with Crippen molar-refractivity contribution in [3.8, 4) is 0 Å². The molecule has 1 atom stereocenters. The Morgan fingerprint density at radius 3 is 2.85 bits per heavy atom. The summed E-state index contributed by atoms with van der Waals surface area (Å²) in [5, 5.41) is 3.35. The molecule has 4 heterocycles. The van der Waals surface area contributed by atoms with Crippen LogP contribution in [0.2, 0.25) is 0 Å². The van der Waals surface area contributed by atoms with Gasteiger partial charge in [-0.25, -0.2) is 15.0 Å². The van der Waals surface area contributed by atoms with E-state index >= 15 is 0 Å². The second-order valence-corrected chi connectivity index (χ2v) is 7.01. The zero-order valence-corrected chi connectivity index (χ0v) is 15.8. The van der Waals surface area contributed by atoms with Crippen LogP contribution < -0.4 is 5.32 Å². The van der Waals surface area contributed by atoms with E-state index in [2.05, 4.69) is 37.3 Å². The molecule has 1 N–H and O–H groups in total. The summed E-state index contributed by atoms with van der Waals surface area (Å²) in [6.07, 6.45) is 7.83. The van der Waals surface area contributed by atoms with Crippen molar-refractivity contribution in [2.75, 3.05) is 11.9 Å². The Balaban J connectivity index is 1.57. The van der Waals surface area contributed by atoms with E-state index in [-0.39, 0.29) is 0 Å². The van der Waals surface area contributed by atoms with E-state index in [4.69, 9.17) is 4.98 Å². The molecule has 0 amide bonds. The third-order valence-electron chi connectivity index (χ3n) is 4.93. The average Bonchev–Trinajstić information content (AvgIpc) is 3.12. The van der Waals surface area contributed by atoms with Gasteiger partial charge in [0, 0.05) is 31.2 Å². The fourth-order valence-corrected chi connectivity index (χ4v) is 3.64. The number of rotatable bonds is 5. The largest absolute Gasteiger partial charge is 0.325 e. The molecule has 1 unspecified atom stereocenters. The summed E-state index contributed by atoms with van der Waals surface area (Å²) in [6.45, 7) is 5.95.